The molecule has 0 aromatic heterocycles. The monoisotopic (exact) mass is 601 g/mol. The third kappa shape index (κ3) is 25.4. The number of aliphatic hydroxyl groups excluding tert-OH is 1. The van der Waals surface area contributed by atoms with Crippen LogP contribution in [-0.4, -0.2) is 62.6 Å². The Morgan fingerprint density at radius 2 is 1.30 bits per heavy atom. The van der Waals surface area contributed by atoms with E-state index >= 15 is 0 Å². The Bertz CT molecular complexity index is 771. The van der Waals surface area contributed by atoms with Gasteiger partial charge in [0.25, 0.3) is 0 Å². The maximum atomic E-state index is 10.9. The van der Waals surface area contributed by atoms with Gasteiger partial charge in [-0.25, -0.2) is 0 Å². The van der Waals surface area contributed by atoms with Gasteiger partial charge in [-0.1, -0.05) is 34.6 Å². The van der Waals surface area contributed by atoms with Crippen LogP contribution in [0.25, 0.3) is 0 Å². The maximum Gasteiger partial charge on any atom is 1.00 e. The smallest absolute Gasteiger partial charge is 0.811 e. The van der Waals surface area contributed by atoms with Crippen LogP contribution >= 0.6 is 15.2 Å². The fraction of sp³-hybridized carbons (Fsp3) is 0.700. The molecule has 0 amide bonds. The van der Waals surface area contributed by atoms with Crippen LogP contribution in [-0.2, 0) is 31.4 Å². The van der Waals surface area contributed by atoms with Gasteiger partial charge in [0, 0.05) is 6.61 Å². The molecule has 1 atom stereocenters. The van der Waals surface area contributed by atoms with Crippen LogP contribution in [0, 0.1) is 0 Å². The fourth-order valence-electron chi connectivity index (χ4n) is 2.78. The van der Waals surface area contributed by atoms with E-state index in [1.54, 1.807) is 0 Å². The number of rotatable bonds is 18. The Balaban J connectivity index is -0.00000136. The molecule has 0 heterocycles. The average molecular weight is 601 g/mol. The standard InChI is InChI=1S/C20H37NO10P2.4Na/c1-2-3-6-29-15-20(21,14-22)16-30-7-8-31-19-12-17(4-9-32(23,24)25)11-18(13-19)5-10-33(26,27)28;;;;/h11-13,22H,2-10,14-16,21H2,1H3,(H2,23,24,25)(H2,26,27,28);;;;/q;4*+1/p-4. The molecule has 0 bridgehead atoms. The molecule has 0 spiro atoms. The molecule has 192 valence electrons. The summed E-state index contributed by atoms with van der Waals surface area (Å²) < 4.78 is 38.4. The molecule has 0 aliphatic rings. The molecule has 1 aromatic carbocycles. The second-order valence-corrected chi connectivity index (χ2v) is 11.3. The number of hydrogen-bond donors (Lipinski definition) is 2. The first-order valence-electron chi connectivity index (χ1n) is 10.7. The summed E-state index contributed by atoms with van der Waals surface area (Å²) >= 11 is 0. The molecule has 0 saturated carbocycles. The first-order valence-corrected chi connectivity index (χ1v) is 14.1. The normalized spacial score (nSPS) is 12.7. The average Bonchev–Trinajstić information content (AvgIpc) is 2.73. The molecule has 0 fully saturated rings. The number of benzene rings is 1. The molecule has 0 saturated heterocycles. The molecule has 0 aliphatic carbocycles. The molecule has 1 unspecified atom stereocenters. The van der Waals surface area contributed by atoms with E-state index in [2.05, 4.69) is 0 Å². The quantitative estimate of drug-likeness (QED) is 0.0920. The zero-order valence-electron chi connectivity index (χ0n) is 22.8. The van der Waals surface area contributed by atoms with E-state index in [-0.39, 0.29) is 164 Å². The predicted molar refractivity (Wildman–Crippen MR) is 115 cm³/mol. The van der Waals surface area contributed by atoms with Crippen molar-refractivity contribution in [3.63, 3.8) is 0 Å². The zero-order valence-corrected chi connectivity index (χ0v) is 32.6. The molecule has 11 nitrogen and oxygen atoms in total. The molecule has 1 aromatic rings. The first kappa shape index (κ1) is 47.1. The molecular formula is C20H33NNa4O10P2. The van der Waals surface area contributed by atoms with E-state index in [9.17, 15) is 33.8 Å². The number of hydrogen-bond acceptors (Lipinski definition) is 11. The topological polar surface area (TPSA) is 200 Å². The molecule has 0 aliphatic heterocycles. The van der Waals surface area contributed by atoms with Gasteiger partial charge in [0.15, 0.2) is 0 Å². The van der Waals surface area contributed by atoms with Crippen LogP contribution < -0.4 is 148 Å². The number of aliphatic hydroxyl groups is 1. The van der Waals surface area contributed by atoms with Crippen molar-refractivity contribution in [2.75, 3.05) is 52.0 Å². The minimum Gasteiger partial charge on any atom is -0.811 e. The maximum absolute atomic E-state index is 10.9. The summed E-state index contributed by atoms with van der Waals surface area (Å²) in [5.74, 6) is 0.313. The minimum absolute atomic E-state index is 0. The summed E-state index contributed by atoms with van der Waals surface area (Å²) in [4.78, 5) is 43.8. The first-order chi connectivity index (χ1) is 15.4. The second-order valence-electron chi connectivity index (χ2n) is 7.98. The van der Waals surface area contributed by atoms with Gasteiger partial charge in [-0.15, -0.1) is 0 Å². The van der Waals surface area contributed by atoms with Crippen LogP contribution in [0.1, 0.15) is 30.9 Å². The molecule has 1 rings (SSSR count). The number of ether oxygens (including phenoxy) is 3. The summed E-state index contributed by atoms with van der Waals surface area (Å²) in [5, 5.41) is 9.51. The van der Waals surface area contributed by atoms with Crippen molar-refractivity contribution in [2.24, 2.45) is 5.73 Å². The van der Waals surface area contributed by atoms with E-state index < -0.39 is 33.1 Å². The van der Waals surface area contributed by atoms with Crippen molar-refractivity contribution in [3.05, 3.63) is 29.3 Å². The van der Waals surface area contributed by atoms with E-state index in [4.69, 9.17) is 19.9 Å². The Hall–Kier alpha value is 3.16. The summed E-state index contributed by atoms with van der Waals surface area (Å²) in [7, 11) is -9.43. The van der Waals surface area contributed by atoms with Crippen molar-refractivity contribution in [3.8, 4) is 5.75 Å². The van der Waals surface area contributed by atoms with Crippen molar-refractivity contribution in [1.82, 2.24) is 0 Å². The summed E-state index contributed by atoms with van der Waals surface area (Å²) in [6.45, 7) is 2.64. The summed E-state index contributed by atoms with van der Waals surface area (Å²) in [6.07, 6.45) is 0.540. The largest absolute Gasteiger partial charge is 1.00 e. The number of aryl methyl sites for hydroxylation is 2. The van der Waals surface area contributed by atoms with Gasteiger partial charge < -0.3 is 53.8 Å². The van der Waals surface area contributed by atoms with Gasteiger partial charge in [-0.3, -0.25) is 0 Å². The number of nitrogens with two attached hydrogens (primary N) is 1. The van der Waals surface area contributed by atoms with E-state index in [0.29, 0.717) is 23.5 Å². The van der Waals surface area contributed by atoms with Crippen LogP contribution in [0.3, 0.4) is 0 Å². The van der Waals surface area contributed by atoms with Crippen molar-refractivity contribution in [1.29, 1.82) is 0 Å². The second kappa shape index (κ2) is 24.6. The van der Waals surface area contributed by atoms with Crippen molar-refractivity contribution in [2.45, 2.75) is 38.1 Å². The van der Waals surface area contributed by atoms with Crippen LogP contribution in [0.15, 0.2) is 18.2 Å². The van der Waals surface area contributed by atoms with E-state index in [1.165, 1.54) is 18.2 Å². The predicted octanol–water partition coefficient (Wildman–Crippen LogP) is -13.5. The molecule has 37 heavy (non-hydrogen) atoms. The van der Waals surface area contributed by atoms with Gasteiger partial charge in [0.05, 0.1) is 32.0 Å². The van der Waals surface area contributed by atoms with Crippen molar-refractivity contribution < 1.29 is 166 Å². The summed E-state index contributed by atoms with van der Waals surface area (Å²) in [5.41, 5.74) is 5.95. The van der Waals surface area contributed by atoms with E-state index in [1.807, 2.05) is 6.92 Å². The SMILES string of the molecule is CCCCOCC(N)(CO)COCCOc1cc(CCP(=O)([O-])[O-])cc(CCP(=O)([O-])[O-])c1.[Na+].[Na+].[Na+].[Na+]. The van der Waals surface area contributed by atoms with Gasteiger partial charge in [-0.2, -0.15) is 0 Å². The molecule has 0 radical (unpaired) electrons. The Labute approximate surface area is 308 Å². The Morgan fingerprint density at radius 3 is 1.70 bits per heavy atom. The minimum atomic E-state index is -4.71. The van der Waals surface area contributed by atoms with Gasteiger partial charge >= 0.3 is 118 Å². The third-order valence-electron chi connectivity index (χ3n) is 4.61. The summed E-state index contributed by atoms with van der Waals surface area (Å²) in [6, 6.07) is 4.61. The van der Waals surface area contributed by atoms with Crippen molar-refractivity contribution >= 4 is 15.2 Å². The Kier molecular flexibility index (Phi) is 31.3. The van der Waals surface area contributed by atoms with Gasteiger partial charge in [0.1, 0.15) is 12.4 Å². The van der Waals surface area contributed by atoms with Crippen LogP contribution in [0.4, 0.5) is 0 Å². The van der Waals surface area contributed by atoms with Crippen LogP contribution in [0.2, 0.25) is 0 Å². The number of unbranched alkanes of at least 4 members (excludes halogenated alkanes) is 1. The third-order valence-corrected chi connectivity index (χ3v) is 6.15. The van der Waals surface area contributed by atoms with Gasteiger partial charge in [-0.05, 0) is 54.8 Å². The fourth-order valence-corrected chi connectivity index (χ4v) is 3.85. The molecule has 17 heteroatoms. The Morgan fingerprint density at radius 1 is 0.838 bits per heavy atom. The zero-order chi connectivity index (χ0) is 25.0. The van der Waals surface area contributed by atoms with Crippen LogP contribution in [0.5, 0.6) is 5.75 Å². The van der Waals surface area contributed by atoms with Gasteiger partial charge in [0.2, 0.25) is 0 Å². The molecule has 3 N–H and O–H groups in total. The van der Waals surface area contributed by atoms with E-state index in [0.717, 1.165) is 12.8 Å². The molecular weight excluding hydrogens is 568 g/mol.